The Hall–Kier alpha value is -2.33. The number of ether oxygens (including phenoxy) is 1. The smallest absolute Gasteiger partial charge is 0.257 e. The topological polar surface area (TPSA) is 32.8 Å². The Labute approximate surface area is 155 Å². The maximum atomic E-state index is 13.1. The minimum atomic E-state index is 0.0995. The summed E-state index contributed by atoms with van der Waals surface area (Å²) in [7, 11) is 0. The quantitative estimate of drug-likeness (QED) is 0.849. The molecule has 2 aliphatic heterocycles. The normalized spacial score (nSPS) is 22.8. The molecular weight excluding hydrogens is 324 g/mol. The average Bonchev–Trinajstić information content (AvgIpc) is 2.97. The average molecular weight is 350 g/mol. The summed E-state index contributed by atoms with van der Waals surface area (Å²) in [4.78, 5) is 17.4. The van der Waals surface area contributed by atoms with Crippen LogP contribution in [0.1, 0.15) is 41.3 Å². The summed E-state index contributed by atoms with van der Waals surface area (Å²) in [5.41, 5.74) is 3.20. The van der Waals surface area contributed by atoms with Gasteiger partial charge in [-0.3, -0.25) is 9.69 Å². The van der Waals surface area contributed by atoms with Crippen molar-refractivity contribution in [2.24, 2.45) is 0 Å². The predicted molar refractivity (Wildman–Crippen MR) is 103 cm³/mol. The lowest BCUT2D eigenvalue weighted by atomic mass is 9.96. The van der Waals surface area contributed by atoms with Gasteiger partial charge in [0.05, 0.1) is 5.56 Å². The Morgan fingerprint density at radius 2 is 1.73 bits per heavy atom. The van der Waals surface area contributed by atoms with Crippen LogP contribution in [-0.4, -0.2) is 48.0 Å². The van der Waals surface area contributed by atoms with Crippen molar-refractivity contribution in [2.75, 3.05) is 26.2 Å². The van der Waals surface area contributed by atoms with Crippen molar-refractivity contribution in [3.8, 4) is 5.75 Å². The molecule has 2 heterocycles. The molecule has 1 saturated heterocycles. The van der Waals surface area contributed by atoms with E-state index in [0.717, 1.165) is 49.6 Å². The predicted octanol–water partition coefficient (Wildman–Crippen LogP) is 3.53. The Morgan fingerprint density at radius 3 is 2.46 bits per heavy atom. The summed E-state index contributed by atoms with van der Waals surface area (Å²) in [6.45, 7) is 8.52. The highest BCUT2D eigenvalue weighted by molar-refractivity contribution is 5.97. The van der Waals surface area contributed by atoms with Gasteiger partial charge in [-0.2, -0.15) is 0 Å². The van der Waals surface area contributed by atoms with E-state index in [-0.39, 0.29) is 12.0 Å². The fourth-order valence-corrected chi connectivity index (χ4v) is 3.88. The molecule has 0 unspecified atom stereocenters. The standard InChI is InChI=1S/C22H26N2O2/c1-16-17(2)26-21-19(16)9-6-10-20(21)22(25)24-13-11-23(12-14-24)15-18-7-4-3-5-8-18/h3-10,16-17H,11-15H2,1-2H3/t16-,17-/m1/s1. The Kier molecular flexibility index (Phi) is 4.68. The molecule has 0 bridgehead atoms. The molecule has 2 atom stereocenters. The lowest BCUT2D eigenvalue weighted by Crippen LogP contribution is -2.48. The molecule has 0 aliphatic carbocycles. The third kappa shape index (κ3) is 3.21. The summed E-state index contributed by atoms with van der Waals surface area (Å²) in [6, 6.07) is 16.5. The largest absolute Gasteiger partial charge is 0.489 e. The van der Waals surface area contributed by atoms with Gasteiger partial charge in [-0.05, 0) is 18.6 Å². The maximum absolute atomic E-state index is 13.1. The molecule has 0 N–H and O–H groups in total. The van der Waals surface area contributed by atoms with Gasteiger partial charge in [0.1, 0.15) is 11.9 Å². The van der Waals surface area contributed by atoms with Crippen LogP contribution in [0.2, 0.25) is 0 Å². The van der Waals surface area contributed by atoms with E-state index in [1.165, 1.54) is 5.56 Å². The molecule has 0 radical (unpaired) electrons. The van der Waals surface area contributed by atoms with E-state index in [4.69, 9.17) is 4.74 Å². The van der Waals surface area contributed by atoms with E-state index in [1.807, 2.05) is 23.1 Å². The number of rotatable bonds is 3. The second-order valence-corrected chi connectivity index (χ2v) is 7.39. The van der Waals surface area contributed by atoms with Crippen LogP contribution in [0, 0.1) is 0 Å². The van der Waals surface area contributed by atoms with Gasteiger partial charge in [0.25, 0.3) is 5.91 Å². The highest BCUT2D eigenvalue weighted by atomic mass is 16.5. The van der Waals surface area contributed by atoms with Crippen LogP contribution < -0.4 is 4.74 Å². The van der Waals surface area contributed by atoms with Crippen LogP contribution in [0.25, 0.3) is 0 Å². The molecule has 0 spiro atoms. The minimum Gasteiger partial charge on any atom is -0.489 e. The number of amides is 1. The number of carbonyl (C=O) groups is 1. The Bertz CT molecular complexity index is 782. The maximum Gasteiger partial charge on any atom is 0.257 e. The third-order valence-electron chi connectivity index (χ3n) is 5.68. The third-order valence-corrected chi connectivity index (χ3v) is 5.68. The lowest BCUT2D eigenvalue weighted by Gasteiger charge is -2.35. The molecule has 0 aromatic heterocycles. The number of fused-ring (bicyclic) bond motifs is 1. The molecule has 2 aromatic rings. The van der Waals surface area contributed by atoms with Crippen LogP contribution in [-0.2, 0) is 6.54 Å². The minimum absolute atomic E-state index is 0.0995. The lowest BCUT2D eigenvalue weighted by molar-refractivity contribution is 0.0623. The van der Waals surface area contributed by atoms with Crippen molar-refractivity contribution in [2.45, 2.75) is 32.4 Å². The molecular formula is C22H26N2O2. The molecule has 4 nitrogen and oxygen atoms in total. The molecule has 1 fully saturated rings. The fraction of sp³-hybridized carbons (Fsp3) is 0.409. The monoisotopic (exact) mass is 350 g/mol. The second kappa shape index (κ2) is 7.12. The summed E-state index contributed by atoms with van der Waals surface area (Å²) >= 11 is 0. The molecule has 4 rings (SSSR count). The molecule has 4 heteroatoms. The summed E-state index contributed by atoms with van der Waals surface area (Å²) in [5.74, 6) is 1.23. The van der Waals surface area contributed by atoms with Gasteiger partial charge < -0.3 is 9.64 Å². The first kappa shape index (κ1) is 17.1. The number of hydrogen-bond donors (Lipinski definition) is 0. The van der Waals surface area contributed by atoms with Crippen molar-refractivity contribution < 1.29 is 9.53 Å². The van der Waals surface area contributed by atoms with E-state index in [2.05, 4.69) is 49.1 Å². The van der Waals surface area contributed by atoms with Crippen LogP contribution in [0.15, 0.2) is 48.5 Å². The van der Waals surface area contributed by atoms with Gasteiger partial charge in [-0.15, -0.1) is 0 Å². The number of hydrogen-bond acceptors (Lipinski definition) is 3. The van der Waals surface area contributed by atoms with Gasteiger partial charge in [0.2, 0.25) is 0 Å². The van der Waals surface area contributed by atoms with Gasteiger partial charge in [0, 0.05) is 44.2 Å². The van der Waals surface area contributed by atoms with Crippen LogP contribution in [0.5, 0.6) is 5.75 Å². The number of para-hydroxylation sites is 1. The second-order valence-electron chi connectivity index (χ2n) is 7.39. The van der Waals surface area contributed by atoms with E-state index in [9.17, 15) is 4.79 Å². The summed E-state index contributed by atoms with van der Waals surface area (Å²) < 4.78 is 6.00. The van der Waals surface area contributed by atoms with E-state index < -0.39 is 0 Å². The molecule has 1 amide bonds. The molecule has 136 valence electrons. The van der Waals surface area contributed by atoms with E-state index >= 15 is 0 Å². The van der Waals surface area contributed by atoms with Crippen LogP contribution in [0.4, 0.5) is 0 Å². The van der Waals surface area contributed by atoms with Crippen molar-refractivity contribution in [1.82, 2.24) is 9.80 Å². The van der Waals surface area contributed by atoms with E-state index in [1.54, 1.807) is 0 Å². The first-order valence-corrected chi connectivity index (χ1v) is 9.48. The van der Waals surface area contributed by atoms with E-state index in [0.29, 0.717) is 5.92 Å². The Morgan fingerprint density at radius 1 is 1.00 bits per heavy atom. The summed E-state index contributed by atoms with van der Waals surface area (Å²) in [6.07, 6.45) is 0.127. The zero-order valence-corrected chi connectivity index (χ0v) is 15.5. The number of carbonyl (C=O) groups excluding carboxylic acids is 1. The fourth-order valence-electron chi connectivity index (χ4n) is 3.88. The van der Waals surface area contributed by atoms with Crippen molar-refractivity contribution in [3.05, 3.63) is 65.2 Å². The van der Waals surface area contributed by atoms with Gasteiger partial charge in [0.15, 0.2) is 0 Å². The zero-order valence-electron chi connectivity index (χ0n) is 15.5. The van der Waals surface area contributed by atoms with Gasteiger partial charge in [-0.1, -0.05) is 49.4 Å². The Balaban J connectivity index is 1.42. The van der Waals surface area contributed by atoms with Crippen LogP contribution in [0.3, 0.4) is 0 Å². The van der Waals surface area contributed by atoms with Gasteiger partial charge >= 0.3 is 0 Å². The number of nitrogens with zero attached hydrogens (tertiary/aromatic N) is 2. The van der Waals surface area contributed by atoms with Crippen molar-refractivity contribution in [1.29, 1.82) is 0 Å². The van der Waals surface area contributed by atoms with Crippen molar-refractivity contribution >= 4 is 5.91 Å². The highest BCUT2D eigenvalue weighted by Crippen LogP contribution is 2.40. The molecule has 2 aliphatic rings. The SMILES string of the molecule is C[C@H]1Oc2c(C(=O)N3CCN(Cc4ccccc4)CC3)cccc2[C@@H]1C. The number of piperazine rings is 1. The van der Waals surface area contributed by atoms with Crippen LogP contribution >= 0.6 is 0 Å². The molecule has 2 aromatic carbocycles. The first-order chi connectivity index (χ1) is 12.6. The summed E-state index contributed by atoms with van der Waals surface area (Å²) in [5, 5.41) is 0. The molecule has 26 heavy (non-hydrogen) atoms. The first-order valence-electron chi connectivity index (χ1n) is 9.48. The van der Waals surface area contributed by atoms with Gasteiger partial charge in [-0.25, -0.2) is 0 Å². The molecule has 0 saturated carbocycles. The number of benzene rings is 2. The highest BCUT2D eigenvalue weighted by Gasteiger charge is 2.33. The zero-order chi connectivity index (χ0) is 18.1. The van der Waals surface area contributed by atoms with Crippen molar-refractivity contribution in [3.63, 3.8) is 0 Å².